The zero-order chi connectivity index (χ0) is 5.91. The Bertz CT molecular complexity index is 46.5. The van der Waals surface area contributed by atoms with Gasteiger partial charge in [-0.15, -0.1) is 0 Å². The third-order valence-corrected chi connectivity index (χ3v) is 2.94. The van der Waals surface area contributed by atoms with Crippen molar-refractivity contribution in [2.24, 2.45) is 0 Å². The van der Waals surface area contributed by atoms with E-state index in [4.69, 9.17) is 0 Å². The van der Waals surface area contributed by atoms with Crippen LogP contribution < -0.4 is 0 Å². The summed E-state index contributed by atoms with van der Waals surface area (Å²) < 4.78 is 1.31. The van der Waals surface area contributed by atoms with E-state index in [0.29, 0.717) is 5.04 Å². The zero-order valence-corrected chi connectivity index (χ0v) is 8.24. The minimum atomic E-state index is 0.571. The molecule has 0 saturated heterocycles. The highest BCUT2D eigenvalue weighted by Gasteiger charge is 2.08. The van der Waals surface area contributed by atoms with Crippen LogP contribution in [0.1, 0.15) is 20.8 Å². The molecule has 2 heteroatoms. The van der Waals surface area contributed by atoms with Crippen LogP contribution in [0, 0.1) is 0 Å². The molecule has 0 unspecified atom stereocenters. The third-order valence-electron chi connectivity index (χ3n) is 0.597. The minimum Gasteiger partial charge on any atom is -0.0903 e. The number of hydrogen-bond acceptors (Lipinski definition) is 0. The fourth-order valence-corrected chi connectivity index (χ4v) is 4.03. The Kier molecular flexibility index (Phi) is 3.48. The van der Waals surface area contributed by atoms with Crippen molar-refractivity contribution in [3.05, 3.63) is 0 Å². The first-order chi connectivity index (χ1) is 3.06. The molecule has 0 fully saturated rings. The van der Waals surface area contributed by atoms with Gasteiger partial charge in [0.1, 0.15) is 0 Å². The summed E-state index contributed by atoms with van der Waals surface area (Å²) in [6.45, 7) is 6.85. The molecular formula is C5H11ISi. The molecule has 0 heterocycles. The maximum absolute atomic E-state index is 2.43. The normalized spacial score (nSPS) is 12.0. The van der Waals surface area contributed by atoms with Gasteiger partial charge in [0.05, 0.1) is 9.52 Å². The molecule has 2 radical (unpaired) electrons. The maximum atomic E-state index is 2.43. The number of halogens is 1. The molecule has 0 aromatic carbocycles. The molecule has 0 aliphatic rings. The van der Waals surface area contributed by atoms with Crippen molar-refractivity contribution < 1.29 is 0 Å². The number of hydrogen-bond donors (Lipinski definition) is 0. The quantitative estimate of drug-likeness (QED) is 0.365. The van der Waals surface area contributed by atoms with Crippen LogP contribution in [0.5, 0.6) is 0 Å². The Balaban J connectivity index is 3.15. The molecule has 0 nitrogen and oxygen atoms in total. The van der Waals surface area contributed by atoms with E-state index < -0.39 is 0 Å². The molecule has 0 bridgehead atoms. The summed E-state index contributed by atoms with van der Waals surface area (Å²) in [7, 11) is 1.11. The lowest BCUT2D eigenvalue weighted by Gasteiger charge is -2.13. The molecule has 0 atom stereocenters. The van der Waals surface area contributed by atoms with Gasteiger partial charge in [-0.25, -0.2) is 0 Å². The molecule has 0 spiro atoms. The van der Waals surface area contributed by atoms with Gasteiger partial charge in [0.15, 0.2) is 0 Å². The third kappa shape index (κ3) is 6.95. The molecule has 0 aliphatic carbocycles. The lowest BCUT2D eigenvalue weighted by atomic mass is 10.3. The van der Waals surface area contributed by atoms with Gasteiger partial charge in [0.25, 0.3) is 0 Å². The van der Waals surface area contributed by atoms with E-state index in [-0.39, 0.29) is 0 Å². The van der Waals surface area contributed by atoms with Crippen LogP contribution in [-0.2, 0) is 0 Å². The van der Waals surface area contributed by atoms with Gasteiger partial charge in [0, 0.05) is 0 Å². The highest BCUT2D eigenvalue weighted by molar-refractivity contribution is 14.1. The Morgan fingerprint density at radius 2 is 1.86 bits per heavy atom. The summed E-state index contributed by atoms with van der Waals surface area (Å²) in [5, 5.41) is 0.571. The van der Waals surface area contributed by atoms with Crippen LogP contribution in [-0.4, -0.2) is 13.6 Å². The summed E-state index contributed by atoms with van der Waals surface area (Å²) in [6, 6.07) is 0. The van der Waals surface area contributed by atoms with Gasteiger partial charge in [0.2, 0.25) is 0 Å². The smallest absolute Gasteiger partial charge is 0.0569 e. The van der Waals surface area contributed by atoms with Crippen LogP contribution in [0.15, 0.2) is 0 Å². The van der Waals surface area contributed by atoms with Gasteiger partial charge >= 0.3 is 0 Å². The second-order valence-corrected chi connectivity index (χ2v) is 6.97. The standard InChI is InChI=1S/C5H11ISi/c1-5(2,3)7-4-6/h4H2,1-3H3. The lowest BCUT2D eigenvalue weighted by Crippen LogP contribution is -2.08. The Morgan fingerprint density at radius 3 is 1.86 bits per heavy atom. The summed E-state index contributed by atoms with van der Waals surface area (Å²) in [4.78, 5) is 0. The van der Waals surface area contributed by atoms with E-state index >= 15 is 0 Å². The van der Waals surface area contributed by atoms with Gasteiger partial charge in [-0.05, 0) is 9.09 Å². The van der Waals surface area contributed by atoms with Crippen LogP contribution in [0.2, 0.25) is 5.04 Å². The van der Waals surface area contributed by atoms with Crippen molar-refractivity contribution in [1.29, 1.82) is 0 Å². The van der Waals surface area contributed by atoms with Gasteiger partial charge in [-0.3, -0.25) is 0 Å². The van der Waals surface area contributed by atoms with Gasteiger partial charge < -0.3 is 0 Å². The fraction of sp³-hybridized carbons (Fsp3) is 1.00. The molecule has 0 aromatic rings. The van der Waals surface area contributed by atoms with E-state index in [1.54, 1.807) is 0 Å². The van der Waals surface area contributed by atoms with Crippen molar-refractivity contribution in [1.82, 2.24) is 0 Å². The summed E-state index contributed by atoms with van der Waals surface area (Å²) in [5.41, 5.74) is 0. The van der Waals surface area contributed by atoms with E-state index in [0.717, 1.165) is 9.52 Å². The van der Waals surface area contributed by atoms with E-state index in [1.165, 1.54) is 4.05 Å². The predicted octanol–water partition coefficient (Wildman–Crippen LogP) is 2.30. The molecule has 7 heavy (non-hydrogen) atoms. The van der Waals surface area contributed by atoms with E-state index in [1.807, 2.05) is 0 Å². The van der Waals surface area contributed by atoms with Crippen molar-refractivity contribution in [2.45, 2.75) is 25.8 Å². The van der Waals surface area contributed by atoms with Gasteiger partial charge in [-0.2, -0.15) is 0 Å². The first-order valence-corrected chi connectivity index (χ1v) is 5.10. The minimum absolute atomic E-state index is 0.571. The highest BCUT2D eigenvalue weighted by atomic mass is 127. The summed E-state index contributed by atoms with van der Waals surface area (Å²) >= 11 is 2.43. The summed E-state index contributed by atoms with van der Waals surface area (Å²) in [5.74, 6) is 0. The first-order valence-electron chi connectivity index (χ1n) is 2.37. The second kappa shape index (κ2) is 3.07. The van der Waals surface area contributed by atoms with E-state index in [2.05, 4.69) is 43.4 Å². The van der Waals surface area contributed by atoms with Crippen molar-refractivity contribution in [3.8, 4) is 0 Å². The molecule has 0 saturated carbocycles. The van der Waals surface area contributed by atoms with Crippen molar-refractivity contribution in [3.63, 3.8) is 0 Å². The lowest BCUT2D eigenvalue weighted by molar-refractivity contribution is 0.756. The second-order valence-electron chi connectivity index (χ2n) is 2.56. The molecule has 0 N–H and O–H groups in total. The Labute approximate surface area is 62.0 Å². The highest BCUT2D eigenvalue weighted by Crippen LogP contribution is 2.19. The zero-order valence-electron chi connectivity index (χ0n) is 5.09. The molecule has 42 valence electrons. The average molecular weight is 226 g/mol. The van der Waals surface area contributed by atoms with Gasteiger partial charge in [-0.1, -0.05) is 43.4 Å². The van der Waals surface area contributed by atoms with E-state index in [9.17, 15) is 0 Å². The Hall–Kier alpha value is 0.947. The monoisotopic (exact) mass is 226 g/mol. The van der Waals surface area contributed by atoms with Crippen LogP contribution in [0.25, 0.3) is 0 Å². The first kappa shape index (κ1) is 7.95. The maximum Gasteiger partial charge on any atom is 0.0569 e. The summed E-state index contributed by atoms with van der Waals surface area (Å²) in [6.07, 6.45) is 0. The Morgan fingerprint density at radius 1 is 1.43 bits per heavy atom. The van der Waals surface area contributed by atoms with Crippen LogP contribution in [0.3, 0.4) is 0 Å². The molecule has 0 amide bonds. The van der Waals surface area contributed by atoms with Crippen LogP contribution in [0.4, 0.5) is 0 Å². The number of rotatable bonds is 1. The molecule has 0 rings (SSSR count). The SMILES string of the molecule is CC(C)(C)[Si]CI. The topological polar surface area (TPSA) is 0 Å². The largest absolute Gasteiger partial charge is 0.0903 e. The average Bonchev–Trinajstić information content (AvgIpc) is 1.30. The van der Waals surface area contributed by atoms with Crippen LogP contribution >= 0.6 is 22.6 Å². The molecule has 0 aliphatic heterocycles. The fourth-order valence-electron chi connectivity index (χ4n) is 0.200. The predicted molar refractivity (Wildman–Crippen MR) is 44.4 cm³/mol. The molecule has 0 aromatic heterocycles. The molecular weight excluding hydrogens is 215 g/mol. The van der Waals surface area contributed by atoms with Crippen molar-refractivity contribution >= 4 is 32.1 Å². The number of alkyl halides is 1. The van der Waals surface area contributed by atoms with Crippen molar-refractivity contribution in [2.75, 3.05) is 4.05 Å².